The largest absolute Gasteiger partial charge is 0.396 e. The third-order valence-corrected chi connectivity index (χ3v) is 4.61. The van der Waals surface area contributed by atoms with Crippen molar-refractivity contribution in [3.63, 3.8) is 0 Å². The van der Waals surface area contributed by atoms with Gasteiger partial charge in [0.05, 0.1) is 10.8 Å². The summed E-state index contributed by atoms with van der Waals surface area (Å²) in [5, 5.41) is 13.7. The molecule has 0 bridgehead atoms. The molecule has 0 aromatic carbocycles. The average Bonchev–Trinajstić information content (AvgIpc) is 3.06. The highest BCUT2D eigenvalue weighted by Crippen LogP contribution is 2.20. The number of likely N-dealkylation sites (tertiary alicyclic amines) is 1. The predicted molar refractivity (Wildman–Crippen MR) is 82.2 cm³/mol. The van der Waals surface area contributed by atoms with E-state index in [4.69, 9.17) is 5.11 Å². The summed E-state index contributed by atoms with van der Waals surface area (Å²) in [5.41, 5.74) is 0. The second-order valence-corrected chi connectivity index (χ2v) is 6.55. The number of thiophene rings is 1. The van der Waals surface area contributed by atoms with Crippen molar-refractivity contribution in [2.24, 2.45) is 11.8 Å². The topological polar surface area (TPSA) is 69.6 Å². The molecule has 1 aromatic heterocycles. The smallest absolute Gasteiger partial charge is 0.263 e. The van der Waals surface area contributed by atoms with Crippen LogP contribution in [0.1, 0.15) is 29.4 Å². The maximum absolute atomic E-state index is 12.3. The van der Waals surface area contributed by atoms with Gasteiger partial charge in [0.15, 0.2) is 0 Å². The van der Waals surface area contributed by atoms with E-state index >= 15 is 0 Å². The summed E-state index contributed by atoms with van der Waals surface area (Å²) in [6.45, 7) is 3.62. The van der Waals surface area contributed by atoms with Crippen LogP contribution in [-0.4, -0.2) is 48.1 Å². The molecular weight excluding hydrogens is 288 g/mol. The van der Waals surface area contributed by atoms with Crippen molar-refractivity contribution >= 4 is 23.2 Å². The molecule has 1 aromatic rings. The predicted octanol–water partition coefficient (Wildman–Crippen LogP) is 1.34. The van der Waals surface area contributed by atoms with Crippen molar-refractivity contribution in [2.75, 3.05) is 26.2 Å². The van der Waals surface area contributed by atoms with E-state index in [2.05, 4.69) is 5.32 Å². The molecule has 0 saturated carbocycles. The number of aliphatic hydroxyl groups excluding tert-OH is 1. The van der Waals surface area contributed by atoms with Crippen LogP contribution in [0.5, 0.6) is 0 Å². The van der Waals surface area contributed by atoms with Gasteiger partial charge in [-0.25, -0.2) is 0 Å². The first-order valence-corrected chi connectivity index (χ1v) is 8.21. The van der Waals surface area contributed by atoms with E-state index in [0.717, 1.165) is 17.7 Å². The molecule has 21 heavy (non-hydrogen) atoms. The molecule has 2 amide bonds. The van der Waals surface area contributed by atoms with Gasteiger partial charge in [-0.2, -0.15) is 0 Å². The summed E-state index contributed by atoms with van der Waals surface area (Å²) in [5.74, 6) is -0.0832. The van der Waals surface area contributed by atoms with Gasteiger partial charge >= 0.3 is 0 Å². The van der Waals surface area contributed by atoms with Crippen molar-refractivity contribution in [1.29, 1.82) is 0 Å². The Labute approximate surface area is 129 Å². The van der Waals surface area contributed by atoms with Crippen LogP contribution in [-0.2, 0) is 4.79 Å². The zero-order valence-electron chi connectivity index (χ0n) is 12.2. The highest BCUT2D eigenvalue weighted by atomic mass is 32.1. The van der Waals surface area contributed by atoms with Crippen LogP contribution >= 0.6 is 11.3 Å². The second kappa shape index (κ2) is 7.56. The van der Waals surface area contributed by atoms with E-state index in [1.54, 1.807) is 4.90 Å². The fourth-order valence-corrected chi connectivity index (χ4v) is 3.11. The lowest BCUT2D eigenvalue weighted by atomic mass is 9.96. The monoisotopic (exact) mass is 310 g/mol. The Morgan fingerprint density at radius 2 is 2.38 bits per heavy atom. The van der Waals surface area contributed by atoms with Gasteiger partial charge in [-0.3, -0.25) is 9.59 Å². The van der Waals surface area contributed by atoms with Crippen LogP contribution in [0.2, 0.25) is 0 Å². The third kappa shape index (κ3) is 4.28. The Kier molecular flexibility index (Phi) is 5.76. The quantitative estimate of drug-likeness (QED) is 0.862. The number of nitrogens with zero attached hydrogens (tertiary/aromatic N) is 1. The van der Waals surface area contributed by atoms with Crippen molar-refractivity contribution in [1.82, 2.24) is 10.2 Å². The summed E-state index contributed by atoms with van der Waals surface area (Å²) < 4.78 is 0. The number of rotatable bonds is 5. The molecule has 0 spiro atoms. The summed E-state index contributed by atoms with van der Waals surface area (Å²) in [6.07, 6.45) is 1.66. The van der Waals surface area contributed by atoms with Crippen LogP contribution in [0.4, 0.5) is 0 Å². The van der Waals surface area contributed by atoms with E-state index in [1.807, 2.05) is 24.4 Å². The standard InChI is InChI=1S/C15H22N2O3S/c1-11(10-18)8-16-14(19)12-4-2-6-17(9-12)15(20)13-5-3-7-21-13/h3,5,7,11-12,18H,2,4,6,8-10H2,1H3,(H,16,19). The van der Waals surface area contributed by atoms with Crippen molar-refractivity contribution in [3.8, 4) is 0 Å². The SMILES string of the molecule is CC(CO)CNC(=O)C1CCCN(C(=O)c2cccs2)C1. The molecule has 2 N–H and O–H groups in total. The minimum atomic E-state index is -0.145. The maximum atomic E-state index is 12.3. The number of hydrogen-bond acceptors (Lipinski definition) is 4. The van der Waals surface area contributed by atoms with Crippen molar-refractivity contribution in [2.45, 2.75) is 19.8 Å². The van der Waals surface area contributed by atoms with Gasteiger partial charge in [-0.1, -0.05) is 13.0 Å². The molecule has 1 fully saturated rings. The van der Waals surface area contributed by atoms with E-state index in [1.165, 1.54) is 11.3 Å². The molecular formula is C15H22N2O3S. The Hall–Kier alpha value is -1.40. The normalized spacial score (nSPS) is 20.1. The number of hydrogen-bond donors (Lipinski definition) is 2. The molecule has 5 nitrogen and oxygen atoms in total. The Balaban J connectivity index is 1.88. The summed E-state index contributed by atoms with van der Waals surface area (Å²) >= 11 is 1.43. The second-order valence-electron chi connectivity index (χ2n) is 5.60. The van der Waals surface area contributed by atoms with Crippen LogP contribution in [0.3, 0.4) is 0 Å². The van der Waals surface area contributed by atoms with Gasteiger partial charge < -0.3 is 15.3 Å². The highest BCUT2D eigenvalue weighted by Gasteiger charge is 2.29. The maximum Gasteiger partial charge on any atom is 0.263 e. The van der Waals surface area contributed by atoms with Crippen LogP contribution in [0.15, 0.2) is 17.5 Å². The number of piperidine rings is 1. The fourth-order valence-electron chi connectivity index (χ4n) is 2.42. The lowest BCUT2D eigenvalue weighted by molar-refractivity contribution is -0.126. The molecule has 2 unspecified atom stereocenters. The van der Waals surface area contributed by atoms with Crippen LogP contribution in [0.25, 0.3) is 0 Å². The molecule has 1 aliphatic heterocycles. The molecule has 2 atom stereocenters. The number of aliphatic hydroxyl groups is 1. The summed E-state index contributed by atoms with van der Waals surface area (Å²) in [6, 6.07) is 3.68. The van der Waals surface area contributed by atoms with Crippen LogP contribution < -0.4 is 5.32 Å². The molecule has 0 aliphatic carbocycles. The lowest BCUT2D eigenvalue weighted by Gasteiger charge is -2.32. The summed E-state index contributed by atoms with van der Waals surface area (Å²) in [7, 11) is 0. The van der Waals surface area contributed by atoms with E-state index < -0.39 is 0 Å². The number of amides is 2. The highest BCUT2D eigenvalue weighted by molar-refractivity contribution is 7.12. The van der Waals surface area contributed by atoms with Gasteiger partial charge in [-0.05, 0) is 30.2 Å². The molecule has 2 heterocycles. The first kappa shape index (κ1) is 16.0. The van der Waals surface area contributed by atoms with Crippen LogP contribution in [0, 0.1) is 11.8 Å². The zero-order valence-corrected chi connectivity index (χ0v) is 13.1. The van der Waals surface area contributed by atoms with Gasteiger partial charge in [0, 0.05) is 26.2 Å². The first-order valence-electron chi connectivity index (χ1n) is 7.33. The van der Waals surface area contributed by atoms with Gasteiger partial charge in [0.25, 0.3) is 5.91 Å². The first-order chi connectivity index (χ1) is 10.1. The molecule has 2 rings (SSSR count). The fraction of sp³-hybridized carbons (Fsp3) is 0.600. The van der Waals surface area contributed by atoms with Gasteiger partial charge in [0.2, 0.25) is 5.91 Å². The molecule has 116 valence electrons. The minimum Gasteiger partial charge on any atom is -0.396 e. The molecule has 6 heteroatoms. The van der Waals surface area contributed by atoms with Gasteiger partial charge in [0.1, 0.15) is 0 Å². The number of carbonyl (C=O) groups is 2. The zero-order chi connectivity index (χ0) is 15.2. The van der Waals surface area contributed by atoms with E-state index in [0.29, 0.717) is 19.6 Å². The average molecular weight is 310 g/mol. The van der Waals surface area contributed by atoms with E-state index in [9.17, 15) is 9.59 Å². The molecule has 1 aliphatic rings. The van der Waals surface area contributed by atoms with Crippen molar-refractivity contribution < 1.29 is 14.7 Å². The van der Waals surface area contributed by atoms with E-state index in [-0.39, 0.29) is 30.3 Å². The Morgan fingerprint density at radius 1 is 1.57 bits per heavy atom. The Bertz CT molecular complexity index is 475. The molecule has 0 radical (unpaired) electrons. The molecule has 1 saturated heterocycles. The Morgan fingerprint density at radius 3 is 3.05 bits per heavy atom. The lowest BCUT2D eigenvalue weighted by Crippen LogP contribution is -2.46. The van der Waals surface area contributed by atoms with Crippen molar-refractivity contribution in [3.05, 3.63) is 22.4 Å². The third-order valence-electron chi connectivity index (χ3n) is 3.75. The van der Waals surface area contributed by atoms with Gasteiger partial charge in [-0.15, -0.1) is 11.3 Å². The number of carbonyl (C=O) groups excluding carboxylic acids is 2. The minimum absolute atomic E-state index is 0.0148. The summed E-state index contributed by atoms with van der Waals surface area (Å²) in [4.78, 5) is 27.0. The number of nitrogens with one attached hydrogen (secondary N) is 1.